The minimum atomic E-state index is -0.407. The second-order valence-corrected chi connectivity index (χ2v) is 4.84. The van der Waals surface area contributed by atoms with Crippen molar-refractivity contribution in [1.29, 1.82) is 0 Å². The van der Waals surface area contributed by atoms with E-state index in [-0.39, 0.29) is 29.3 Å². The average molecular weight is 198 g/mol. The highest BCUT2D eigenvalue weighted by molar-refractivity contribution is 6.04. The van der Waals surface area contributed by atoms with Gasteiger partial charge in [0.15, 0.2) is 0 Å². The molecule has 0 aliphatic heterocycles. The van der Waals surface area contributed by atoms with Crippen molar-refractivity contribution in [2.75, 3.05) is 0 Å². The van der Waals surface area contributed by atoms with Crippen LogP contribution in [0.2, 0.25) is 0 Å². The highest BCUT2D eigenvalue weighted by Crippen LogP contribution is 2.21. The van der Waals surface area contributed by atoms with E-state index in [1.54, 1.807) is 0 Å². The molecule has 0 aromatic heterocycles. The van der Waals surface area contributed by atoms with Crippen molar-refractivity contribution in [2.24, 2.45) is 23.7 Å². The Hall–Kier alpha value is -0.660. The van der Waals surface area contributed by atoms with Gasteiger partial charge in [-0.15, -0.1) is 0 Å². The molecule has 0 N–H and O–H groups in total. The van der Waals surface area contributed by atoms with E-state index < -0.39 is 5.92 Å². The summed E-state index contributed by atoms with van der Waals surface area (Å²) in [6.07, 6.45) is 0. The van der Waals surface area contributed by atoms with E-state index in [4.69, 9.17) is 0 Å². The van der Waals surface area contributed by atoms with Gasteiger partial charge in [-0.2, -0.15) is 0 Å². The minimum Gasteiger partial charge on any atom is -0.299 e. The molecule has 0 aromatic carbocycles. The van der Waals surface area contributed by atoms with Gasteiger partial charge in [0.2, 0.25) is 0 Å². The maximum Gasteiger partial charge on any atom is 0.146 e. The molecule has 0 aromatic rings. The van der Waals surface area contributed by atoms with Gasteiger partial charge in [-0.3, -0.25) is 9.59 Å². The lowest BCUT2D eigenvalue weighted by molar-refractivity contribution is -0.138. The Bertz CT molecular complexity index is 194. The van der Waals surface area contributed by atoms with Gasteiger partial charge in [-0.05, 0) is 5.92 Å². The van der Waals surface area contributed by atoms with E-state index in [0.717, 1.165) is 0 Å². The van der Waals surface area contributed by atoms with E-state index in [1.807, 2.05) is 41.5 Å². The fourth-order valence-electron chi connectivity index (χ4n) is 1.52. The zero-order valence-corrected chi connectivity index (χ0v) is 10.1. The van der Waals surface area contributed by atoms with E-state index in [0.29, 0.717) is 0 Å². The molecule has 0 fully saturated rings. The number of Topliss-reactive ketones (excluding diaryl/α,β-unsaturated/α-hetero) is 2. The molecule has 0 atom stereocenters. The summed E-state index contributed by atoms with van der Waals surface area (Å²) < 4.78 is 0. The molecule has 0 saturated carbocycles. The van der Waals surface area contributed by atoms with Crippen LogP contribution in [0.25, 0.3) is 0 Å². The summed E-state index contributed by atoms with van der Waals surface area (Å²) in [5, 5.41) is 0. The average Bonchev–Trinajstić information content (AvgIpc) is 2.03. The summed E-state index contributed by atoms with van der Waals surface area (Å²) in [7, 11) is 0. The molecule has 0 radical (unpaired) electrons. The van der Waals surface area contributed by atoms with Gasteiger partial charge in [-0.1, -0.05) is 41.5 Å². The molecule has 82 valence electrons. The number of hydrogen-bond donors (Lipinski definition) is 0. The van der Waals surface area contributed by atoms with Gasteiger partial charge < -0.3 is 0 Å². The van der Waals surface area contributed by atoms with Crippen molar-refractivity contribution in [3.05, 3.63) is 0 Å². The van der Waals surface area contributed by atoms with Crippen LogP contribution >= 0.6 is 0 Å². The highest BCUT2D eigenvalue weighted by Gasteiger charge is 2.32. The molecule has 0 amide bonds. The molecule has 0 aliphatic carbocycles. The summed E-state index contributed by atoms with van der Waals surface area (Å²) in [4.78, 5) is 23.6. The Kier molecular flexibility index (Phi) is 5.03. The van der Waals surface area contributed by atoms with E-state index >= 15 is 0 Å². The molecule has 2 nitrogen and oxygen atoms in total. The first kappa shape index (κ1) is 13.3. The zero-order chi connectivity index (χ0) is 11.5. The lowest BCUT2D eigenvalue weighted by atomic mass is 9.80. The van der Waals surface area contributed by atoms with Crippen LogP contribution in [0.1, 0.15) is 41.5 Å². The maximum absolute atomic E-state index is 11.8. The quantitative estimate of drug-likeness (QED) is 0.636. The van der Waals surface area contributed by atoms with Crippen LogP contribution < -0.4 is 0 Å². The number of rotatable bonds is 5. The fourth-order valence-corrected chi connectivity index (χ4v) is 1.52. The van der Waals surface area contributed by atoms with E-state index in [1.165, 1.54) is 0 Å². The highest BCUT2D eigenvalue weighted by atomic mass is 16.2. The van der Waals surface area contributed by atoms with Crippen molar-refractivity contribution < 1.29 is 9.59 Å². The Morgan fingerprint density at radius 2 is 1.00 bits per heavy atom. The molecule has 0 rings (SSSR count). The molecule has 2 heteroatoms. The predicted octanol–water partition coefficient (Wildman–Crippen LogP) is 2.71. The summed E-state index contributed by atoms with van der Waals surface area (Å²) in [6.45, 7) is 11.3. The van der Waals surface area contributed by atoms with Crippen molar-refractivity contribution in [3.8, 4) is 0 Å². The third kappa shape index (κ3) is 3.24. The van der Waals surface area contributed by atoms with Crippen LogP contribution in [-0.4, -0.2) is 11.6 Å². The molecule has 14 heavy (non-hydrogen) atoms. The normalized spacial score (nSPS) is 11.9. The monoisotopic (exact) mass is 198 g/mol. The SMILES string of the molecule is CC(C)C(=O)C(C(=O)C(C)C)C(C)C. The number of carbonyl (C=O) groups is 2. The summed E-state index contributed by atoms with van der Waals surface area (Å²) in [5.41, 5.74) is 0. The number of ketones is 2. The largest absolute Gasteiger partial charge is 0.299 e. The van der Waals surface area contributed by atoms with Crippen LogP contribution in [-0.2, 0) is 9.59 Å². The maximum atomic E-state index is 11.8. The second-order valence-electron chi connectivity index (χ2n) is 4.84. The molecular weight excluding hydrogens is 176 g/mol. The Morgan fingerprint density at radius 3 is 1.14 bits per heavy atom. The van der Waals surface area contributed by atoms with Gasteiger partial charge in [0.25, 0.3) is 0 Å². The van der Waals surface area contributed by atoms with Crippen LogP contribution in [0.3, 0.4) is 0 Å². The number of hydrogen-bond acceptors (Lipinski definition) is 2. The van der Waals surface area contributed by atoms with E-state index in [9.17, 15) is 9.59 Å². The summed E-state index contributed by atoms with van der Waals surface area (Å²) in [6, 6.07) is 0. The van der Waals surface area contributed by atoms with Gasteiger partial charge in [0, 0.05) is 11.8 Å². The van der Waals surface area contributed by atoms with E-state index in [2.05, 4.69) is 0 Å². The van der Waals surface area contributed by atoms with Crippen LogP contribution in [0.4, 0.5) is 0 Å². The third-order valence-electron chi connectivity index (χ3n) is 2.42. The standard InChI is InChI=1S/C12H22O2/c1-7(2)10(11(13)8(3)4)12(14)9(5)6/h7-10H,1-6H3. The van der Waals surface area contributed by atoms with Gasteiger partial charge in [0.1, 0.15) is 11.6 Å². The first-order valence-electron chi connectivity index (χ1n) is 5.36. The van der Waals surface area contributed by atoms with Gasteiger partial charge in [-0.25, -0.2) is 0 Å². The first-order chi connectivity index (χ1) is 6.29. The molecule has 0 unspecified atom stereocenters. The second kappa shape index (κ2) is 5.28. The Morgan fingerprint density at radius 1 is 0.714 bits per heavy atom. The van der Waals surface area contributed by atoms with Gasteiger partial charge in [0.05, 0.1) is 5.92 Å². The third-order valence-corrected chi connectivity index (χ3v) is 2.42. The molecule has 0 bridgehead atoms. The molecular formula is C12H22O2. The summed E-state index contributed by atoms with van der Waals surface area (Å²) >= 11 is 0. The topological polar surface area (TPSA) is 34.1 Å². The Balaban J connectivity index is 4.78. The van der Waals surface area contributed by atoms with Crippen LogP contribution in [0.15, 0.2) is 0 Å². The first-order valence-corrected chi connectivity index (χ1v) is 5.36. The lowest BCUT2D eigenvalue weighted by Crippen LogP contribution is -2.34. The summed E-state index contributed by atoms with van der Waals surface area (Å²) in [5.74, 6) is -0.234. The Labute approximate surface area is 87.1 Å². The predicted molar refractivity (Wildman–Crippen MR) is 58.0 cm³/mol. The number of carbonyl (C=O) groups excluding carboxylic acids is 2. The minimum absolute atomic E-state index is 0.0508. The van der Waals surface area contributed by atoms with Crippen molar-refractivity contribution in [1.82, 2.24) is 0 Å². The fraction of sp³-hybridized carbons (Fsp3) is 0.833. The lowest BCUT2D eigenvalue weighted by Gasteiger charge is -2.21. The van der Waals surface area contributed by atoms with Crippen LogP contribution in [0.5, 0.6) is 0 Å². The van der Waals surface area contributed by atoms with Crippen molar-refractivity contribution in [2.45, 2.75) is 41.5 Å². The van der Waals surface area contributed by atoms with Crippen molar-refractivity contribution >= 4 is 11.6 Å². The van der Waals surface area contributed by atoms with Crippen LogP contribution in [0, 0.1) is 23.7 Å². The van der Waals surface area contributed by atoms with Crippen molar-refractivity contribution in [3.63, 3.8) is 0 Å². The molecule has 0 spiro atoms. The molecule has 0 heterocycles. The van der Waals surface area contributed by atoms with Gasteiger partial charge >= 0.3 is 0 Å². The molecule has 0 saturated heterocycles. The zero-order valence-electron chi connectivity index (χ0n) is 10.1. The smallest absolute Gasteiger partial charge is 0.146 e. The molecule has 0 aliphatic rings.